The topological polar surface area (TPSA) is 146 Å². The number of pyridine rings is 2. The lowest BCUT2D eigenvalue weighted by molar-refractivity contribution is 0.156. The van der Waals surface area contributed by atoms with Gasteiger partial charge in [0.2, 0.25) is 11.8 Å². The van der Waals surface area contributed by atoms with E-state index in [1.165, 1.54) is 42.9 Å². The molecule has 0 aliphatic heterocycles. The maximum atomic E-state index is 13.3. The Labute approximate surface area is 350 Å². The van der Waals surface area contributed by atoms with Crippen LogP contribution >= 0.6 is 43.5 Å². The molecule has 0 radical (unpaired) electrons. The van der Waals surface area contributed by atoms with Gasteiger partial charge in [0.05, 0.1) is 24.0 Å². The lowest BCUT2D eigenvalue weighted by Crippen LogP contribution is -2.34. The Morgan fingerprint density at radius 2 is 1.18 bits per heavy atom. The molecule has 304 valence electrons. The van der Waals surface area contributed by atoms with Gasteiger partial charge in [-0.15, -0.1) is 0 Å². The second-order valence-corrected chi connectivity index (χ2v) is 31.0. The number of ether oxygens (including phenoxy) is 4. The molecule has 4 rings (SSSR count). The van der Waals surface area contributed by atoms with E-state index >= 15 is 0 Å². The van der Waals surface area contributed by atoms with Crippen LogP contribution in [0.25, 0.3) is 0 Å². The average molecular weight is 983 g/mol. The van der Waals surface area contributed by atoms with Crippen molar-refractivity contribution in [2.24, 2.45) is 0 Å². The largest absolute Gasteiger partial charge is 0.479 e. The third kappa shape index (κ3) is 17.6. The minimum Gasteiger partial charge on any atom is -0.479 e. The Morgan fingerprint density at radius 3 is 1.67 bits per heavy atom. The summed E-state index contributed by atoms with van der Waals surface area (Å²) < 4.78 is 76.9. The molecule has 0 aliphatic carbocycles. The molecule has 2 aromatic heterocycles. The summed E-state index contributed by atoms with van der Waals surface area (Å²) in [5.74, 6) is 0.425. The number of nitrogens with zero attached hydrogens (tertiary/aromatic N) is 3. The summed E-state index contributed by atoms with van der Waals surface area (Å²) in [5, 5.41) is 0. The van der Waals surface area contributed by atoms with Crippen molar-refractivity contribution in [1.29, 1.82) is 0 Å². The molecule has 0 bridgehead atoms. The molecule has 0 saturated carbocycles. The van der Waals surface area contributed by atoms with Crippen molar-refractivity contribution < 1.29 is 35.8 Å². The number of methoxy groups -OCH3 is 2. The highest BCUT2D eigenvalue weighted by atomic mass is 79.9. The van der Waals surface area contributed by atoms with Gasteiger partial charge in [-0.05, 0) is 80.3 Å². The zero-order valence-corrected chi connectivity index (χ0v) is 39.9. The fraction of sp³-hybridized carbons (Fsp3) is 0.389. The van der Waals surface area contributed by atoms with Crippen molar-refractivity contribution in [3.8, 4) is 11.8 Å². The molecular weight excluding hydrogens is 932 g/mol. The molecule has 2 heterocycles. The van der Waals surface area contributed by atoms with Crippen LogP contribution in [0.4, 0.5) is 11.4 Å². The van der Waals surface area contributed by atoms with Crippen LogP contribution in [-0.4, -0.2) is 83.2 Å². The molecule has 0 saturated heterocycles. The molecule has 0 spiro atoms. The van der Waals surface area contributed by atoms with E-state index in [-0.39, 0.29) is 34.0 Å². The first-order valence-corrected chi connectivity index (χ1v) is 29.5. The molecule has 4 aromatic rings. The van der Waals surface area contributed by atoms with Crippen LogP contribution in [0.3, 0.4) is 0 Å². The first-order valence-electron chi connectivity index (χ1n) is 17.0. The number of sulfonamides is 2. The summed E-state index contributed by atoms with van der Waals surface area (Å²) >= 11 is 11.9. The molecule has 0 unspecified atom stereocenters. The van der Waals surface area contributed by atoms with Gasteiger partial charge >= 0.3 is 0 Å². The van der Waals surface area contributed by atoms with Gasteiger partial charge in [-0.3, -0.25) is 4.72 Å². The fourth-order valence-electron chi connectivity index (χ4n) is 4.16. The SMILES string of the molecule is COc1ncc(Br)cc1N(COCC[Si](C)(C)C)S(=O)(=O)c1ccccc1.COc1ncc(Br)cc1NS(=O)(=O)c1ccccc1.C[Si](C)(C)CCOCCl. The van der Waals surface area contributed by atoms with Crippen molar-refractivity contribution in [2.45, 2.75) is 61.2 Å². The van der Waals surface area contributed by atoms with E-state index in [2.05, 4.69) is 85.8 Å². The zero-order valence-electron chi connectivity index (χ0n) is 32.4. The van der Waals surface area contributed by atoms with E-state index in [1.54, 1.807) is 66.9 Å². The number of aromatic nitrogens is 2. The standard InChI is InChI=1S/C18H25BrN2O4SSi.C12H11BrN2O3S.C6H15ClOSi/c1-24-18-17(12-15(19)13-20-18)21(14-25-10-11-27(2,3)4)26(22,23)16-8-6-5-7-9-16;1-18-12-11(7-9(13)8-14-12)15-19(16,17)10-5-3-2-4-6-10;1-9(2,3)5-4-8-6-7/h5-9,12-13H,10-11,14H2,1-4H3;2-8,15H,1H3;4-6H2,1-3H3. The number of halogens is 3. The quantitative estimate of drug-likeness (QED) is 0.0470. The van der Waals surface area contributed by atoms with E-state index in [1.807, 2.05) is 0 Å². The number of rotatable bonds is 17. The van der Waals surface area contributed by atoms with E-state index in [0.29, 0.717) is 27.3 Å². The van der Waals surface area contributed by atoms with E-state index in [9.17, 15) is 16.8 Å². The van der Waals surface area contributed by atoms with E-state index in [0.717, 1.165) is 12.7 Å². The molecular formula is C36H51Br2ClN4O8S2Si2. The molecule has 0 fully saturated rings. The summed E-state index contributed by atoms with van der Waals surface area (Å²) in [5.41, 5.74) is 0.601. The minimum absolute atomic E-state index is 0.115. The molecule has 55 heavy (non-hydrogen) atoms. The van der Waals surface area contributed by atoms with Crippen molar-refractivity contribution in [3.05, 3.63) is 94.1 Å². The predicted molar refractivity (Wildman–Crippen MR) is 234 cm³/mol. The van der Waals surface area contributed by atoms with Gasteiger partial charge in [-0.2, -0.15) is 0 Å². The van der Waals surface area contributed by atoms with Crippen LogP contribution < -0.4 is 18.5 Å². The summed E-state index contributed by atoms with van der Waals surface area (Å²) in [6, 6.07) is 22.1. The highest BCUT2D eigenvalue weighted by Gasteiger charge is 2.29. The van der Waals surface area contributed by atoms with Gasteiger partial charge in [0, 0.05) is 50.7 Å². The maximum Gasteiger partial charge on any atom is 0.266 e. The smallest absolute Gasteiger partial charge is 0.266 e. The van der Waals surface area contributed by atoms with Crippen LogP contribution in [0.2, 0.25) is 51.4 Å². The Morgan fingerprint density at radius 1 is 0.709 bits per heavy atom. The van der Waals surface area contributed by atoms with Gasteiger partial charge in [0.25, 0.3) is 20.0 Å². The first-order chi connectivity index (χ1) is 25.7. The van der Waals surface area contributed by atoms with Crippen LogP contribution in [0.5, 0.6) is 11.8 Å². The van der Waals surface area contributed by atoms with Gasteiger partial charge in [0.15, 0.2) is 0 Å². The van der Waals surface area contributed by atoms with Crippen molar-refractivity contribution in [2.75, 3.05) is 49.3 Å². The number of benzene rings is 2. The fourth-order valence-corrected chi connectivity index (χ4v) is 8.87. The Hall–Kier alpha value is -2.56. The van der Waals surface area contributed by atoms with Crippen LogP contribution in [-0.2, 0) is 29.5 Å². The lowest BCUT2D eigenvalue weighted by atomic mass is 10.4. The second kappa shape index (κ2) is 23.0. The molecule has 0 aliphatic rings. The second-order valence-electron chi connectivity index (χ2n) is 14.2. The monoisotopic (exact) mass is 980 g/mol. The Bertz CT molecular complexity index is 1980. The summed E-state index contributed by atoms with van der Waals surface area (Å²) in [4.78, 5) is 8.51. The molecule has 0 atom stereocenters. The van der Waals surface area contributed by atoms with E-state index < -0.39 is 36.2 Å². The maximum absolute atomic E-state index is 13.3. The zero-order chi connectivity index (χ0) is 41.3. The first kappa shape index (κ1) is 48.6. The molecule has 19 heteroatoms. The number of nitrogens with one attached hydrogen (secondary N) is 1. The molecule has 12 nitrogen and oxygen atoms in total. The number of anilines is 2. The average Bonchev–Trinajstić information content (AvgIpc) is 3.12. The number of hydrogen-bond acceptors (Lipinski definition) is 10. The predicted octanol–water partition coefficient (Wildman–Crippen LogP) is 9.55. The normalized spacial score (nSPS) is 11.7. The van der Waals surface area contributed by atoms with Crippen molar-refractivity contribution in [3.63, 3.8) is 0 Å². The van der Waals surface area contributed by atoms with Gasteiger partial charge in [-0.1, -0.05) is 87.3 Å². The molecule has 0 amide bonds. The number of alkyl halides is 1. The summed E-state index contributed by atoms with van der Waals surface area (Å²) in [7, 11) is -6.77. The van der Waals surface area contributed by atoms with Crippen LogP contribution in [0, 0.1) is 0 Å². The van der Waals surface area contributed by atoms with Gasteiger partial charge in [-0.25, -0.2) is 31.1 Å². The van der Waals surface area contributed by atoms with Gasteiger partial charge < -0.3 is 18.9 Å². The van der Waals surface area contributed by atoms with Crippen LogP contribution in [0.15, 0.2) is 104 Å². The van der Waals surface area contributed by atoms with Crippen molar-refractivity contribution >= 4 is 91.0 Å². The number of hydrogen-bond donors (Lipinski definition) is 1. The highest BCUT2D eigenvalue weighted by Crippen LogP contribution is 2.33. The minimum atomic E-state index is -3.84. The Kier molecular flexibility index (Phi) is 20.3. The van der Waals surface area contributed by atoms with Crippen LogP contribution in [0.1, 0.15) is 0 Å². The highest BCUT2D eigenvalue weighted by molar-refractivity contribution is 9.10. The summed E-state index contributed by atoms with van der Waals surface area (Å²) in [6.45, 7) is 14.9. The third-order valence-electron chi connectivity index (χ3n) is 7.18. The van der Waals surface area contributed by atoms with Gasteiger partial charge in [0.1, 0.15) is 24.2 Å². The molecule has 2 aromatic carbocycles. The Balaban J connectivity index is 0.000000323. The van der Waals surface area contributed by atoms with E-state index in [4.69, 9.17) is 30.5 Å². The van der Waals surface area contributed by atoms with Crippen molar-refractivity contribution in [1.82, 2.24) is 9.97 Å². The lowest BCUT2D eigenvalue weighted by Gasteiger charge is -2.26. The molecule has 1 N–H and O–H groups in total. The summed E-state index contributed by atoms with van der Waals surface area (Å²) in [6.07, 6.45) is 3.08. The third-order valence-corrected chi connectivity index (χ3v) is 14.7.